The highest BCUT2D eigenvalue weighted by Gasteiger charge is 2.07. The molecule has 0 saturated carbocycles. The maximum Gasteiger partial charge on any atom is 0.313 e. The zero-order chi connectivity index (χ0) is 14.4. The fourth-order valence-corrected chi connectivity index (χ4v) is 1.95. The van der Waals surface area contributed by atoms with Crippen molar-refractivity contribution in [3.8, 4) is 11.6 Å². The van der Waals surface area contributed by atoms with Gasteiger partial charge in [0.25, 0.3) is 5.88 Å². The minimum absolute atomic E-state index is 0.113. The number of nitrogens with zero attached hydrogens (tertiary/aromatic N) is 2. The molecule has 0 spiro atoms. The molecule has 0 saturated heterocycles. The van der Waals surface area contributed by atoms with Crippen LogP contribution in [-0.4, -0.2) is 16.6 Å². The normalized spacial score (nSPS) is 10.5. The van der Waals surface area contributed by atoms with Gasteiger partial charge in [0.05, 0.1) is 0 Å². The molecule has 0 aliphatic rings. The van der Waals surface area contributed by atoms with Gasteiger partial charge in [0, 0.05) is 25.5 Å². The molecule has 20 heavy (non-hydrogen) atoms. The lowest BCUT2D eigenvalue weighted by Gasteiger charge is -2.08. The van der Waals surface area contributed by atoms with Crippen LogP contribution in [0.15, 0.2) is 41.5 Å². The number of rotatable bonds is 6. The summed E-state index contributed by atoms with van der Waals surface area (Å²) in [6.07, 6.45) is 4.15. The molecular weight excluding hydrogens is 254 g/mol. The molecule has 0 atom stereocenters. The molecule has 1 aromatic carbocycles. The fourth-order valence-electron chi connectivity index (χ4n) is 1.95. The van der Waals surface area contributed by atoms with Crippen molar-refractivity contribution < 1.29 is 4.74 Å². The SMILES string of the molecule is CCCn1ccnc(Oc2cccc(CNC)c2)c1=O. The van der Waals surface area contributed by atoms with Gasteiger partial charge in [0.15, 0.2) is 0 Å². The monoisotopic (exact) mass is 273 g/mol. The smallest absolute Gasteiger partial charge is 0.313 e. The first-order valence-electron chi connectivity index (χ1n) is 6.71. The molecule has 1 aromatic heterocycles. The van der Waals surface area contributed by atoms with Gasteiger partial charge in [-0.1, -0.05) is 19.1 Å². The molecule has 1 N–H and O–H groups in total. The maximum atomic E-state index is 12.1. The van der Waals surface area contributed by atoms with Crippen LogP contribution in [0.4, 0.5) is 0 Å². The molecule has 0 aliphatic heterocycles. The second kappa shape index (κ2) is 6.86. The molecule has 2 rings (SSSR count). The third-order valence-corrected chi connectivity index (χ3v) is 2.84. The van der Waals surface area contributed by atoms with E-state index in [0.29, 0.717) is 12.3 Å². The molecule has 0 aliphatic carbocycles. The van der Waals surface area contributed by atoms with Crippen LogP contribution in [0, 0.1) is 0 Å². The quantitative estimate of drug-likeness (QED) is 0.876. The molecule has 0 radical (unpaired) electrons. The predicted octanol–water partition coefficient (Wildman–Crippen LogP) is 2.17. The summed E-state index contributed by atoms with van der Waals surface area (Å²) in [5, 5.41) is 3.08. The van der Waals surface area contributed by atoms with Gasteiger partial charge in [-0.05, 0) is 31.2 Å². The average molecular weight is 273 g/mol. The summed E-state index contributed by atoms with van der Waals surface area (Å²) in [5.41, 5.74) is 0.892. The van der Waals surface area contributed by atoms with Gasteiger partial charge < -0.3 is 14.6 Å². The number of nitrogens with one attached hydrogen (secondary N) is 1. The van der Waals surface area contributed by atoms with Gasteiger partial charge in [0.2, 0.25) is 0 Å². The Morgan fingerprint density at radius 1 is 1.40 bits per heavy atom. The molecular formula is C15H19N3O2. The third kappa shape index (κ3) is 3.45. The second-order valence-corrected chi connectivity index (χ2v) is 4.51. The molecule has 0 fully saturated rings. The van der Waals surface area contributed by atoms with Crippen LogP contribution in [0.1, 0.15) is 18.9 Å². The van der Waals surface area contributed by atoms with Crippen LogP contribution in [0.5, 0.6) is 11.6 Å². The summed E-state index contributed by atoms with van der Waals surface area (Å²) in [5.74, 6) is 0.735. The van der Waals surface area contributed by atoms with Gasteiger partial charge in [-0.2, -0.15) is 0 Å². The number of benzene rings is 1. The summed E-state index contributed by atoms with van der Waals surface area (Å²) < 4.78 is 7.22. The van der Waals surface area contributed by atoms with E-state index >= 15 is 0 Å². The van der Waals surface area contributed by atoms with Gasteiger partial charge in [-0.15, -0.1) is 0 Å². The summed E-state index contributed by atoms with van der Waals surface area (Å²) >= 11 is 0. The van der Waals surface area contributed by atoms with Gasteiger partial charge >= 0.3 is 5.56 Å². The van der Waals surface area contributed by atoms with E-state index < -0.39 is 0 Å². The van der Waals surface area contributed by atoms with E-state index in [2.05, 4.69) is 10.3 Å². The average Bonchev–Trinajstić information content (AvgIpc) is 2.44. The third-order valence-electron chi connectivity index (χ3n) is 2.84. The van der Waals surface area contributed by atoms with Gasteiger partial charge in [0.1, 0.15) is 5.75 Å². The van der Waals surface area contributed by atoms with E-state index in [0.717, 1.165) is 18.5 Å². The molecule has 1 heterocycles. The Hall–Kier alpha value is -2.14. The van der Waals surface area contributed by atoms with E-state index in [9.17, 15) is 4.79 Å². The van der Waals surface area contributed by atoms with Crippen molar-refractivity contribution in [1.29, 1.82) is 0 Å². The minimum Gasteiger partial charge on any atom is -0.435 e. The maximum absolute atomic E-state index is 12.1. The van der Waals surface area contributed by atoms with Crippen molar-refractivity contribution in [1.82, 2.24) is 14.9 Å². The summed E-state index contributed by atoms with van der Waals surface area (Å²) in [6.45, 7) is 3.44. The van der Waals surface area contributed by atoms with E-state index in [1.807, 2.05) is 38.2 Å². The highest BCUT2D eigenvalue weighted by molar-refractivity contribution is 5.31. The lowest BCUT2D eigenvalue weighted by atomic mass is 10.2. The largest absolute Gasteiger partial charge is 0.435 e. The van der Waals surface area contributed by atoms with Crippen LogP contribution in [0.3, 0.4) is 0 Å². The highest BCUT2D eigenvalue weighted by atomic mass is 16.5. The molecule has 5 nitrogen and oxygen atoms in total. The Morgan fingerprint density at radius 2 is 2.25 bits per heavy atom. The first kappa shape index (κ1) is 14.3. The molecule has 0 bridgehead atoms. The van der Waals surface area contributed by atoms with Crippen LogP contribution in [0.2, 0.25) is 0 Å². The molecule has 0 unspecified atom stereocenters. The number of aryl methyl sites for hydroxylation is 1. The highest BCUT2D eigenvalue weighted by Crippen LogP contribution is 2.17. The number of hydrogen-bond acceptors (Lipinski definition) is 4. The zero-order valence-corrected chi connectivity index (χ0v) is 11.8. The van der Waals surface area contributed by atoms with E-state index in [1.165, 1.54) is 0 Å². The van der Waals surface area contributed by atoms with Crippen molar-refractivity contribution in [2.45, 2.75) is 26.4 Å². The van der Waals surface area contributed by atoms with Crippen molar-refractivity contribution in [2.24, 2.45) is 0 Å². The Morgan fingerprint density at radius 3 is 3.00 bits per heavy atom. The van der Waals surface area contributed by atoms with Crippen molar-refractivity contribution in [3.63, 3.8) is 0 Å². The summed E-state index contributed by atoms with van der Waals surface area (Å²) in [7, 11) is 1.88. The van der Waals surface area contributed by atoms with Crippen LogP contribution in [-0.2, 0) is 13.1 Å². The Balaban J connectivity index is 2.23. The van der Waals surface area contributed by atoms with Crippen LogP contribution in [0.25, 0.3) is 0 Å². The van der Waals surface area contributed by atoms with Crippen molar-refractivity contribution >= 4 is 0 Å². The van der Waals surface area contributed by atoms with E-state index in [4.69, 9.17) is 4.74 Å². The standard InChI is InChI=1S/C15H19N3O2/c1-3-8-18-9-7-17-14(15(18)19)20-13-6-4-5-12(10-13)11-16-2/h4-7,9-10,16H,3,8,11H2,1-2H3. The lowest BCUT2D eigenvalue weighted by Crippen LogP contribution is -2.21. The number of hydrogen-bond donors (Lipinski definition) is 1. The fraction of sp³-hybridized carbons (Fsp3) is 0.333. The van der Waals surface area contributed by atoms with E-state index in [1.54, 1.807) is 17.0 Å². The first-order chi connectivity index (χ1) is 9.74. The van der Waals surface area contributed by atoms with Gasteiger partial charge in [-0.25, -0.2) is 4.98 Å². The zero-order valence-electron chi connectivity index (χ0n) is 11.8. The summed E-state index contributed by atoms with van der Waals surface area (Å²) in [6, 6.07) is 7.61. The topological polar surface area (TPSA) is 56.1 Å². The number of ether oxygens (including phenoxy) is 1. The summed E-state index contributed by atoms with van der Waals surface area (Å²) in [4.78, 5) is 16.2. The van der Waals surface area contributed by atoms with E-state index in [-0.39, 0.29) is 11.4 Å². The van der Waals surface area contributed by atoms with Crippen molar-refractivity contribution in [2.75, 3.05) is 7.05 Å². The molecule has 2 aromatic rings. The van der Waals surface area contributed by atoms with Crippen LogP contribution >= 0.6 is 0 Å². The number of aromatic nitrogens is 2. The van der Waals surface area contributed by atoms with Crippen molar-refractivity contribution in [3.05, 3.63) is 52.6 Å². The molecule has 0 amide bonds. The Labute approximate surface area is 118 Å². The first-order valence-corrected chi connectivity index (χ1v) is 6.71. The molecule has 5 heteroatoms. The second-order valence-electron chi connectivity index (χ2n) is 4.51. The minimum atomic E-state index is -0.201. The van der Waals surface area contributed by atoms with Crippen LogP contribution < -0.4 is 15.6 Å². The predicted molar refractivity (Wildman–Crippen MR) is 78.1 cm³/mol. The van der Waals surface area contributed by atoms with Gasteiger partial charge in [-0.3, -0.25) is 4.79 Å². The Bertz CT molecular complexity index is 623. The molecule has 106 valence electrons. The lowest BCUT2D eigenvalue weighted by molar-refractivity contribution is 0.443. The Kier molecular flexibility index (Phi) is 4.90.